The minimum atomic E-state index is 0.188. The molecule has 1 aliphatic heterocycles. The van der Waals surface area contributed by atoms with Crippen molar-refractivity contribution in [3.8, 4) is 0 Å². The summed E-state index contributed by atoms with van der Waals surface area (Å²) >= 11 is 0. The highest BCUT2D eigenvalue weighted by Crippen LogP contribution is 2.04. The van der Waals surface area contributed by atoms with E-state index in [0.29, 0.717) is 13.1 Å². The maximum Gasteiger partial charge on any atom is 0.236 e. The van der Waals surface area contributed by atoms with Gasteiger partial charge in [-0.15, -0.1) is 10.2 Å². The van der Waals surface area contributed by atoms with Crippen molar-refractivity contribution in [1.29, 1.82) is 0 Å². The molecular weight excluding hydrogens is 256 g/mol. The van der Waals surface area contributed by atoms with E-state index in [1.807, 2.05) is 23.8 Å². The van der Waals surface area contributed by atoms with Gasteiger partial charge < -0.3 is 14.8 Å². The van der Waals surface area contributed by atoms with Crippen LogP contribution in [0, 0.1) is 6.92 Å². The summed E-state index contributed by atoms with van der Waals surface area (Å²) in [5.41, 5.74) is 0. The molecule has 0 spiro atoms. The number of rotatable bonds is 5. The van der Waals surface area contributed by atoms with Gasteiger partial charge in [0.2, 0.25) is 5.91 Å². The molecule has 0 radical (unpaired) electrons. The number of nitrogens with zero attached hydrogens (tertiary/aromatic N) is 5. The Labute approximate surface area is 119 Å². The van der Waals surface area contributed by atoms with E-state index in [1.165, 1.54) is 0 Å². The fourth-order valence-electron chi connectivity index (χ4n) is 2.50. The van der Waals surface area contributed by atoms with Crippen LogP contribution in [0.5, 0.6) is 0 Å². The Morgan fingerprint density at radius 2 is 2.05 bits per heavy atom. The molecule has 1 aromatic rings. The summed E-state index contributed by atoms with van der Waals surface area (Å²) < 4.78 is 2.08. The van der Waals surface area contributed by atoms with Crippen LogP contribution in [0.1, 0.15) is 18.6 Å². The molecule has 7 nitrogen and oxygen atoms in total. The Bertz CT molecular complexity index is 452. The maximum absolute atomic E-state index is 12.2. The minimum absolute atomic E-state index is 0.188. The zero-order chi connectivity index (χ0) is 14.5. The summed E-state index contributed by atoms with van der Waals surface area (Å²) in [6, 6.07) is 0. The first kappa shape index (κ1) is 14.9. The summed E-state index contributed by atoms with van der Waals surface area (Å²) in [6.07, 6.45) is 0. The number of carbonyl (C=O) groups excluding carboxylic acids is 1. The van der Waals surface area contributed by atoms with Crippen LogP contribution in [0.2, 0.25) is 0 Å². The lowest BCUT2D eigenvalue weighted by Crippen LogP contribution is -2.49. The SMILES string of the molecule is CCn1c(C)nnc1CN(C)CC(=O)N1CCNCC1. The van der Waals surface area contributed by atoms with Crippen molar-refractivity contribution in [3.05, 3.63) is 11.6 Å². The van der Waals surface area contributed by atoms with Gasteiger partial charge in [-0.05, 0) is 20.9 Å². The number of amides is 1. The smallest absolute Gasteiger partial charge is 0.236 e. The van der Waals surface area contributed by atoms with Crippen molar-refractivity contribution < 1.29 is 4.79 Å². The molecule has 0 atom stereocenters. The van der Waals surface area contributed by atoms with Gasteiger partial charge in [-0.25, -0.2) is 0 Å². The molecule has 0 unspecified atom stereocenters. The monoisotopic (exact) mass is 280 g/mol. The molecule has 1 N–H and O–H groups in total. The summed E-state index contributed by atoms with van der Waals surface area (Å²) in [7, 11) is 1.95. The van der Waals surface area contributed by atoms with Crippen molar-refractivity contribution in [2.75, 3.05) is 39.8 Å². The second-order valence-electron chi connectivity index (χ2n) is 5.21. The Kier molecular flexibility index (Phi) is 5.08. The van der Waals surface area contributed by atoms with E-state index in [0.717, 1.165) is 44.4 Å². The zero-order valence-electron chi connectivity index (χ0n) is 12.6. The molecule has 1 aliphatic rings. The summed E-state index contributed by atoms with van der Waals surface area (Å²) in [4.78, 5) is 16.1. The number of hydrogen-bond donors (Lipinski definition) is 1. The van der Waals surface area contributed by atoms with Gasteiger partial charge in [0, 0.05) is 32.7 Å². The molecule has 1 aromatic heterocycles. The standard InChI is InChI=1S/C13H24N6O/c1-4-19-11(2)15-16-12(19)9-17(3)10-13(20)18-7-5-14-6-8-18/h14H,4-10H2,1-3H3. The molecule has 0 bridgehead atoms. The van der Waals surface area contributed by atoms with Crippen molar-refractivity contribution in [1.82, 2.24) is 29.9 Å². The lowest BCUT2D eigenvalue weighted by atomic mass is 10.3. The van der Waals surface area contributed by atoms with Gasteiger partial charge in [0.05, 0.1) is 13.1 Å². The van der Waals surface area contributed by atoms with Crippen molar-refractivity contribution in [2.24, 2.45) is 0 Å². The van der Waals surface area contributed by atoms with Gasteiger partial charge in [0.15, 0.2) is 0 Å². The van der Waals surface area contributed by atoms with Gasteiger partial charge in [-0.3, -0.25) is 9.69 Å². The molecule has 0 aromatic carbocycles. The quantitative estimate of drug-likeness (QED) is 0.785. The lowest BCUT2D eigenvalue weighted by molar-refractivity contribution is -0.132. The van der Waals surface area contributed by atoms with Gasteiger partial charge in [0.1, 0.15) is 11.6 Å². The molecule has 20 heavy (non-hydrogen) atoms. The van der Waals surface area contributed by atoms with Crippen molar-refractivity contribution in [3.63, 3.8) is 0 Å². The zero-order valence-corrected chi connectivity index (χ0v) is 12.6. The fourth-order valence-corrected chi connectivity index (χ4v) is 2.50. The summed E-state index contributed by atoms with van der Waals surface area (Å²) in [5, 5.41) is 11.5. The van der Waals surface area contributed by atoms with Gasteiger partial charge in [0.25, 0.3) is 0 Å². The predicted octanol–water partition coefficient (Wildman–Crippen LogP) is -0.530. The molecule has 1 saturated heterocycles. The molecule has 2 heterocycles. The van der Waals surface area contributed by atoms with Crippen LogP contribution in [0.25, 0.3) is 0 Å². The number of likely N-dealkylation sites (N-methyl/N-ethyl adjacent to an activating group) is 1. The van der Waals surface area contributed by atoms with Crippen molar-refractivity contribution >= 4 is 5.91 Å². The highest BCUT2D eigenvalue weighted by Gasteiger charge is 2.18. The van der Waals surface area contributed by atoms with Crippen LogP contribution in [0.15, 0.2) is 0 Å². The van der Waals surface area contributed by atoms with Crippen molar-refractivity contribution in [2.45, 2.75) is 26.9 Å². The van der Waals surface area contributed by atoms with E-state index >= 15 is 0 Å². The Morgan fingerprint density at radius 3 is 2.70 bits per heavy atom. The topological polar surface area (TPSA) is 66.3 Å². The Morgan fingerprint density at radius 1 is 1.35 bits per heavy atom. The number of aromatic nitrogens is 3. The van der Waals surface area contributed by atoms with Crippen LogP contribution in [-0.2, 0) is 17.9 Å². The van der Waals surface area contributed by atoms with E-state index in [1.54, 1.807) is 0 Å². The third-order valence-corrected chi connectivity index (χ3v) is 3.61. The largest absolute Gasteiger partial charge is 0.339 e. The van der Waals surface area contributed by atoms with Crippen LogP contribution < -0.4 is 5.32 Å². The molecule has 112 valence electrons. The first-order valence-electron chi connectivity index (χ1n) is 7.17. The van der Waals surface area contributed by atoms with E-state index in [2.05, 4.69) is 27.0 Å². The summed E-state index contributed by atoms with van der Waals surface area (Å²) in [6.45, 7) is 9.33. The second kappa shape index (κ2) is 6.81. The van der Waals surface area contributed by atoms with Crippen LogP contribution in [0.3, 0.4) is 0 Å². The Balaban J connectivity index is 1.88. The van der Waals surface area contributed by atoms with E-state index in [-0.39, 0.29) is 5.91 Å². The van der Waals surface area contributed by atoms with Gasteiger partial charge in [-0.1, -0.05) is 0 Å². The number of nitrogens with one attached hydrogen (secondary N) is 1. The fraction of sp³-hybridized carbons (Fsp3) is 0.769. The van der Waals surface area contributed by atoms with E-state index < -0.39 is 0 Å². The first-order chi connectivity index (χ1) is 9.61. The molecule has 7 heteroatoms. The molecule has 1 amide bonds. The molecule has 0 aliphatic carbocycles. The van der Waals surface area contributed by atoms with Crippen LogP contribution >= 0.6 is 0 Å². The third kappa shape index (κ3) is 3.55. The molecule has 1 fully saturated rings. The molecule has 2 rings (SSSR count). The first-order valence-corrected chi connectivity index (χ1v) is 7.17. The second-order valence-corrected chi connectivity index (χ2v) is 5.21. The minimum Gasteiger partial charge on any atom is -0.339 e. The van der Waals surface area contributed by atoms with Gasteiger partial charge >= 0.3 is 0 Å². The predicted molar refractivity (Wildman–Crippen MR) is 76.2 cm³/mol. The highest BCUT2D eigenvalue weighted by atomic mass is 16.2. The lowest BCUT2D eigenvalue weighted by Gasteiger charge is -2.29. The Hall–Kier alpha value is -1.47. The summed E-state index contributed by atoms with van der Waals surface area (Å²) in [5.74, 6) is 2.03. The van der Waals surface area contributed by atoms with E-state index in [9.17, 15) is 4.79 Å². The normalized spacial score (nSPS) is 15.9. The van der Waals surface area contributed by atoms with E-state index in [4.69, 9.17) is 0 Å². The van der Waals surface area contributed by atoms with Crippen LogP contribution in [-0.4, -0.2) is 70.2 Å². The highest BCUT2D eigenvalue weighted by molar-refractivity contribution is 5.78. The number of piperazine rings is 1. The number of aryl methyl sites for hydroxylation is 1. The molecule has 0 saturated carbocycles. The molecular formula is C13H24N6O. The third-order valence-electron chi connectivity index (χ3n) is 3.61. The maximum atomic E-state index is 12.2. The average molecular weight is 280 g/mol. The van der Waals surface area contributed by atoms with Crippen LogP contribution in [0.4, 0.5) is 0 Å². The average Bonchev–Trinajstić information content (AvgIpc) is 2.79. The van der Waals surface area contributed by atoms with Gasteiger partial charge in [-0.2, -0.15) is 0 Å². The number of carbonyl (C=O) groups is 1. The number of hydrogen-bond acceptors (Lipinski definition) is 5.